The molecule has 1 aliphatic heterocycles. The van der Waals surface area contributed by atoms with Crippen LogP contribution in [0.2, 0.25) is 0 Å². The Balaban J connectivity index is 1.77. The summed E-state index contributed by atoms with van der Waals surface area (Å²) < 4.78 is 0. The van der Waals surface area contributed by atoms with E-state index in [2.05, 4.69) is 27.0 Å². The smallest absolute Gasteiger partial charge is 0.220 e. The van der Waals surface area contributed by atoms with Crippen LogP contribution in [0.4, 0.5) is 0 Å². The Labute approximate surface area is 124 Å². The molecule has 110 valence electrons. The fraction of sp³-hybridized carbons (Fsp3) is 0.375. The van der Waals surface area contributed by atoms with Gasteiger partial charge in [-0.1, -0.05) is 30.3 Å². The van der Waals surface area contributed by atoms with Gasteiger partial charge >= 0.3 is 0 Å². The molecule has 1 amide bonds. The first-order chi connectivity index (χ1) is 10.2. The lowest BCUT2D eigenvalue weighted by atomic mass is 10.0. The first kappa shape index (κ1) is 13.8. The molecular weight excluding hydrogens is 264 g/mol. The quantitative estimate of drug-likeness (QED) is 0.935. The zero-order chi connectivity index (χ0) is 14.7. The summed E-state index contributed by atoms with van der Waals surface area (Å²) in [7, 11) is 0. The maximum atomic E-state index is 11.9. The summed E-state index contributed by atoms with van der Waals surface area (Å²) in [6.45, 7) is 5.00. The lowest BCUT2D eigenvalue weighted by Crippen LogP contribution is -2.49. The first-order valence-electron chi connectivity index (χ1n) is 7.26. The van der Waals surface area contributed by atoms with Crippen LogP contribution in [0.15, 0.2) is 42.9 Å². The molecule has 1 atom stereocenters. The van der Waals surface area contributed by atoms with Crippen molar-refractivity contribution in [1.82, 2.24) is 19.8 Å². The number of carbonyl (C=O) groups is 1. The molecule has 1 aliphatic rings. The van der Waals surface area contributed by atoms with E-state index in [4.69, 9.17) is 0 Å². The molecule has 1 aromatic heterocycles. The minimum atomic E-state index is 0.125. The van der Waals surface area contributed by atoms with Crippen LogP contribution >= 0.6 is 0 Å². The van der Waals surface area contributed by atoms with E-state index < -0.39 is 0 Å². The summed E-state index contributed by atoms with van der Waals surface area (Å²) in [6.07, 6.45) is 3.56. The van der Waals surface area contributed by atoms with Gasteiger partial charge in [0.05, 0.1) is 12.4 Å². The van der Waals surface area contributed by atoms with Gasteiger partial charge < -0.3 is 9.88 Å². The first-order valence-corrected chi connectivity index (χ1v) is 7.26. The topological polar surface area (TPSA) is 52.2 Å². The molecule has 0 saturated carbocycles. The van der Waals surface area contributed by atoms with Crippen LogP contribution in [-0.4, -0.2) is 45.3 Å². The molecule has 0 unspecified atom stereocenters. The average molecular weight is 284 g/mol. The normalized spacial score (nSPS) is 19.7. The molecule has 0 spiro atoms. The van der Waals surface area contributed by atoms with Crippen LogP contribution in [0.25, 0.3) is 0 Å². The monoisotopic (exact) mass is 284 g/mol. The number of imidazole rings is 1. The highest BCUT2D eigenvalue weighted by molar-refractivity contribution is 5.74. The lowest BCUT2D eigenvalue weighted by Gasteiger charge is -2.41. The molecule has 0 bridgehead atoms. The Morgan fingerprint density at radius 3 is 2.81 bits per heavy atom. The van der Waals surface area contributed by atoms with E-state index in [1.54, 1.807) is 13.3 Å². The summed E-state index contributed by atoms with van der Waals surface area (Å²) >= 11 is 0. The maximum absolute atomic E-state index is 11.9. The second kappa shape index (κ2) is 6.10. The number of hydrogen-bond donors (Lipinski definition) is 1. The average Bonchev–Trinajstić information content (AvgIpc) is 3.01. The standard InChI is InChI=1S/C16H20N4O/c1-13(21)20-8-7-19(10-15-9-17-12-18-15)11-16(20)14-5-3-2-4-6-14/h2-6,9,12,16H,7-8,10-11H2,1H3,(H,17,18)/t16-/m0/s1. The Bertz CT molecular complexity index is 582. The van der Waals surface area contributed by atoms with Gasteiger partial charge in [-0.2, -0.15) is 0 Å². The van der Waals surface area contributed by atoms with Crippen LogP contribution in [-0.2, 0) is 11.3 Å². The second-order valence-electron chi connectivity index (χ2n) is 5.45. The number of hydrogen-bond acceptors (Lipinski definition) is 3. The molecular formula is C16H20N4O. The van der Waals surface area contributed by atoms with Crippen molar-refractivity contribution >= 4 is 5.91 Å². The molecule has 1 N–H and O–H groups in total. The fourth-order valence-corrected chi connectivity index (χ4v) is 2.93. The predicted octanol–water partition coefficient (Wildman–Crippen LogP) is 1.82. The molecule has 1 aromatic carbocycles. The molecule has 0 radical (unpaired) electrons. The Hall–Kier alpha value is -2.14. The van der Waals surface area contributed by atoms with Crippen molar-refractivity contribution in [3.63, 3.8) is 0 Å². The number of benzene rings is 1. The minimum Gasteiger partial charge on any atom is -0.347 e. The summed E-state index contributed by atoms with van der Waals surface area (Å²) in [4.78, 5) is 23.4. The van der Waals surface area contributed by atoms with E-state index in [-0.39, 0.29) is 11.9 Å². The molecule has 5 nitrogen and oxygen atoms in total. The molecule has 2 aromatic rings. The SMILES string of the molecule is CC(=O)N1CCN(Cc2cnc[nH]2)C[C@H]1c1ccccc1. The lowest BCUT2D eigenvalue weighted by molar-refractivity contribution is -0.134. The summed E-state index contributed by atoms with van der Waals surface area (Å²) in [5.41, 5.74) is 2.31. The molecule has 0 aliphatic carbocycles. The number of aromatic nitrogens is 2. The summed E-state index contributed by atoms with van der Waals surface area (Å²) in [6, 6.07) is 10.4. The number of aromatic amines is 1. The third-order valence-corrected chi connectivity index (χ3v) is 4.00. The van der Waals surface area contributed by atoms with Gasteiger partial charge in [0.1, 0.15) is 0 Å². The summed E-state index contributed by atoms with van der Waals surface area (Å²) in [5.74, 6) is 0.144. The van der Waals surface area contributed by atoms with Crippen molar-refractivity contribution in [3.05, 3.63) is 54.1 Å². The third-order valence-electron chi connectivity index (χ3n) is 4.00. The van der Waals surface area contributed by atoms with Crippen molar-refractivity contribution in [2.24, 2.45) is 0 Å². The fourth-order valence-electron chi connectivity index (χ4n) is 2.93. The Kier molecular flexibility index (Phi) is 4.01. The zero-order valence-corrected chi connectivity index (χ0v) is 12.2. The highest BCUT2D eigenvalue weighted by Crippen LogP contribution is 2.26. The van der Waals surface area contributed by atoms with Gasteiger partial charge in [0.15, 0.2) is 0 Å². The highest BCUT2D eigenvalue weighted by Gasteiger charge is 2.29. The van der Waals surface area contributed by atoms with Crippen LogP contribution in [0.3, 0.4) is 0 Å². The number of nitrogens with one attached hydrogen (secondary N) is 1. The molecule has 1 fully saturated rings. The number of nitrogens with zero attached hydrogens (tertiary/aromatic N) is 3. The molecule has 1 saturated heterocycles. The van der Waals surface area contributed by atoms with Crippen molar-refractivity contribution in [2.75, 3.05) is 19.6 Å². The maximum Gasteiger partial charge on any atom is 0.220 e. The van der Waals surface area contributed by atoms with Gasteiger partial charge in [-0.05, 0) is 5.56 Å². The van der Waals surface area contributed by atoms with E-state index >= 15 is 0 Å². The highest BCUT2D eigenvalue weighted by atomic mass is 16.2. The third kappa shape index (κ3) is 3.13. The number of amides is 1. The van der Waals surface area contributed by atoms with E-state index in [0.29, 0.717) is 0 Å². The Morgan fingerprint density at radius 1 is 1.33 bits per heavy atom. The van der Waals surface area contributed by atoms with Gasteiger partial charge in [-0.25, -0.2) is 4.98 Å². The van der Waals surface area contributed by atoms with Gasteiger partial charge in [-0.15, -0.1) is 0 Å². The van der Waals surface area contributed by atoms with Crippen molar-refractivity contribution in [1.29, 1.82) is 0 Å². The molecule has 3 rings (SSSR count). The van der Waals surface area contributed by atoms with Crippen LogP contribution < -0.4 is 0 Å². The predicted molar refractivity (Wildman–Crippen MR) is 80.4 cm³/mol. The number of carbonyl (C=O) groups excluding carboxylic acids is 1. The van der Waals surface area contributed by atoms with Crippen molar-refractivity contribution in [2.45, 2.75) is 19.5 Å². The zero-order valence-electron chi connectivity index (χ0n) is 12.2. The van der Waals surface area contributed by atoms with Gasteiger partial charge in [0.2, 0.25) is 5.91 Å². The van der Waals surface area contributed by atoms with Crippen LogP contribution in [0, 0.1) is 0 Å². The van der Waals surface area contributed by atoms with E-state index in [9.17, 15) is 4.79 Å². The Morgan fingerprint density at radius 2 is 2.14 bits per heavy atom. The second-order valence-corrected chi connectivity index (χ2v) is 5.45. The summed E-state index contributed by atoms with van der Waals surface area (Å²) in [5, 5.41) is 0. The van der Waals surface area contributed by atoms with E-state index in [1.165, 1.54) is 5.56 Å². The minimum absolute atomic E-state index is 0.125. The van der Waals surface area contributed by atoms with Crippen LogP contribution in [0.5, 0.6) is 0 Å². The van der Waals surface area contributed by atoms with Crippen molar-refractivity contribution in [3.8, 4) is 0 Å². The molecule has 5 heteroatoms. The number of piperazine rings is 1. The van der Waals surface area contributed by atoms with Crippen LogP contribution in [0.1, 0.15) is 24.2 Å². The molecule has 2 heterocycles. The largest absolute Gasteiger partial charge is 0.347 e. The number of H-pyrrole nitrogens is 1. The number of rotatable bonds is 3. The van der Waals surface area contributed by atoms with E-state index in [0.717, 1.165) is 31.9 Å². The van der Waals surface area contributed by atoms with Crippen molar-refractivity contribution < 1.29 is 4.79 Å². The van der Waals surface area contributed by atoms with E-state index in [1.807, 2.05) is 29.3 Å². The van der Waals surface area contributed by atoms with Gasteiger partial charge in [-0.3, -0.25) is 9.69 Å². The van der Waals surface area contributed by atoms with Gasteiger partial charge in [0, 0.05) is 45.0 Å². The van der Waals surface area contributed by atoms with Gasteiger partial charge in [0.25, 0.3) is 0 Å². The molecule has 21 heavy (non-hydrogen) atoms.